The third-order valence-electron chi connectivity index (χ3n) is 4.85. The molecule has 1 fully saturated rings. The molecule has 144 valence electrons. The smallest absolute Gasteiger partial charge is 0.324 e. The average Bonchev–Trinajstić information content (AvgIpc) is 3.42. The van der Waals surface area contributed by atoms with Gasteiger partial charge in [0.05, 0.1) is 12.1 Å². The number of rotatable bonds is 6. The summed E-state index contributed by atoms with van der Waals surface area (Å²) < 4.78 is 39.8. The molecule has 0 spiro atoms. The minimum Gasteiger partial charge on any atom is -0.324 e. The van der Waals surface area contributed by atoms with E-state index in [1.165, 1.54) is 12.1 Å². The molecule has 3 rings (SSSR count). The highest BCUT2D eigenvalue weighted by molar-refractivity contribution is 5.93. The van der Waals surface area contributed by atoms with Gasteiger partial charge in [-0.2, -0.15) is 13.2 Å². The predicted molar refractivity (Wildman–Crippen MR) is 99.4 cm³/mol. The summed E-state index contributed by atoms with van der Waals surface area (Å²) in [6.07, 6.45) is -2.58. The van der Waals surface area contributed by atoms with Crippen LogP contribution in [-0.2, 0) is 17.5 Å². The van der Waals surface area contributed by atoms with Gasteiger partial charge in [-0.05, 0) is 49.4 Å². The zero-order valence-electron chi connectivity index (χ0n) is 15.4. The number of carbonyl (C=O) groups excluding carboxylic acids is 1. The van der Waals surface area contributed by atoms with Crippen molar-refractivity contribution in [3.63, 3.8) is 0 Å². The van der Waals surface area contributed by atoms with Gasteiger partial charge in [-0.3, -0.25) is 9.69 Å². The molecule has 2 aromatic rings. The van der Waals surface area contributed by atoms with Gasteiger partial charge in [-0.25, -0.2) is 0 Å². The van der Waals surface area contributed by atoms with E-state index in [1.807, 2.05) is 36.9 Å². The second-order valence-corrected chi connectivity index (χ2v) is 7.11. The summed E-state index contributed by atoms with van der Waals surface area (Å²) in [6, 6.07) is 11.5. The van der Waals surface area contributed by atoms with Crippen LogP contribution in [0.25, 0.3) is 0 Å². The Kier molecular flexibility index (Phi) is 5.56. The number of aryl methyl sites for hydroxylation is 2. The maximum atomic E-state index is 13.3. The highest BCUT2D eigenvalue weighted by atomic mass is 19.4. The second kappa shape index (κ2) is 7.72. The molecule has 1 amide bonds. The van der Waals surface area contributed by atoms with E-state index in [0.29, 0.717) is 0 Å². The molecule has 0 aliphatic heterocycles. The first-order valence-corrected chi connectivity index (χ1v) is 9.01. The van der Waals surface area contributed by atoms with Gasteiger partial charge in [-0.1, -0.05) is 36.4 Å². The van der Waals surface area contributed by atoms with Crippen LogP contribution in [0.1, 0.15) is 35.1 Å². The third kappa shape index (κ3) is 4.89. The Morgan fingerprint density at radius 3 is 2.30 bits per heavy atom. The first kappa shape index (κ1) is 19.4. The zero-order chi connectivity index (χ0) is 19.6. The molecule has 0 aromatic heterocycles. The lowest BCUT2D eigenvalue weighted by atomic mass is 10.1. The number of nitrogens with zero attached hydrogens (tertiary/aromatic N) is 1. The molecule has 0 atom stereocenters. The van der Waals surface area contributed by atoms with E-state index in [9.17, 15) is 18.0 Å². The Labute approximate surface area is 157 Å². The number of halogens is 3. The summed E-state index contributed by atoms with van der Waals surface area (Å²) >= 11 is 0. The number of para-hydroxylation sites is 1. The monoisotopic (exact) mass is 376 g/mol. The number of hydrogen-bond acceptors (Lipinski definition) is 2. The molecule has 0 unspecified atom stereocenters. The molecule has 1 aliphatic carbocycles. The van der Waals surface area contributed by atoms with E-state index >= 15 is 0 Å². The largest absolute Gasteiger partial charge is 0.416 e. The van der Waals surface area contributed by atoms with Crippen LogP contribution in [0.4, 0.5) is 18.9 Å². The van der Waals surface area contributed by atoms with Gasteiger partial charge in [0.2, 0.25) is 5.91 Å². The molecule has 0 radical (unpaired) electrons. The van der Waals surface area contributed by atoms with Crippen molar-refractivity contribution in [1.29, 1.82) is 0 Å². The average molecular weight is 376 g/mol. The van der Waals surface area contributed by atoms with Crippen LogP contribution >= 0.6 is 0 Å². The zero-order valence-corrected chi connectivity index (χ0v) is 15.4. The van der Waals surface area contributed by atoms with Crippen LogP contribution in [0.15, 0.2) is 42.5 Å². The quantitative estimate of drug-likeness (QED) is 0.776. The van der Waals surface area contributed by atoms with E-state index in [0.717, 1.165) is 35.7 Å². The van der Waals surface area contributed by atoms with Crippen LogP contribution in [0.2, 0.25) is 0 Å². The van der Waals surface area contributed by atoms with Crippen molar-refractivity contribution in [2.24, 2.45) is 0 Å². The maximum absolute atomic E-state index is 13.3. The van der Waals surface area contributed by atoms with Crippen molar-refractivity contribution in [3.8, 4) is 0 Å². The first-order valence-electron chi connectivity index (χ1n) is 9.01. The lowest BCUT2D eigenvalue weighted by molar-refractivity contribution is -0.138. The minimum atomic E-state index is -4.40. The Balaban J connectivity index is 1.73. The van der Waals surface area contributed by atoms with Crippen molar-refractivity contribution >= 4 is 11.6 Å². The molecule has 0 saturated heterocycles. The fourth-order valence-electron chi connectivity index (χ4n) is 3.28. The number of hydrogen-bond donors (Lipinski definition) is 1. The number of benzene rings is 2. The van der Waals surface area contributed by atoms with Crippen LogP contribution in [0, 0.1) is 13.8 Å². The molecule has 3 nitrogen and oxygen atoms in total. The van der Waals surface area contributed by atoms with E-state index in [1.54, 1.807) is 6.07 Å². The Bertz CT molecular complexity index is 808. The molecular formula is C21H23F3N2O. The third-order valence-corrected chi connectivity index (χ3v) is 4.85. The maximum Gasteiger partial charge on any atom is 0.416 e. The molecule has 1 N–H and O–H groups in total. The number of alkyl halides is 3. The molecule has 2 aromatic carbocycles. The van der Waals surface area contributed by atoms with E-state index in [2.05, 4.69) is 5.32 Å². The summed E-state index contributed by atoms with van der Waals surface area (Å²) in [5.41, 5.74) is 2.27. The molecule has 1 aliphatic rings. The van der Waals surface area contributed by atoms with E-state index in [4.69, 9.17) is 0 Å². The number of amides is 1. The van der Waals surface area contributed by atoms with Crippen molar-refractivity contribution in [2.45, 2.75) is 45.5 Å². The summed E-state index contributed by atoms with van der Waals surface area (Å²) in [5, 5.41) is 2.92. The highest BCUT2D eigenvalue weighted by Gasteiger charge is 2.36. The lowest BCUT2D eigenvalue weighted by Crippen LogP contribution is -2.35. The summed E-state index contributed by atoms with van der Waals surface area (Å²) in [4.78, 5) is 14.4. The van der Waals surface area contributed by atoms with Gasteiger partial charge in [0.25, 0.3) is 0 Å². The van der Waals surface area contributed by atoms with Crippen molar-refractivity contribution in [1.82, 2.24) is 4.90 Å². The van der Waals surface area contributed by atoms with Crippen molar-refractivity contribution < 1.29 is 18.0 Å². The van der Waals surface area contributed by atoms with Gasteiger partial charge < -0.3 is 5.32 Å². The normalized spacial score (nSPS) is 14.4. The SMILES string of the molecule is Cc1cccc(C)c1NC(=O)CN(Cc1ccccc1C(F)(F)F)C1CC1. The molecule has 1 saturated carbocycles. The second-order valence-electron chi connectivity index (χ2n) is 7.11. The molecular weight excluding hydrogens is 353 g/mol. The van der Waals surface area contributed by atoms with Gasteiger partial charge >= 0.3 is 6.18 Å². The van der Waals surface area contributed by atoms with Gasteiger partial charge in [0.15, 0.2) is 0 Å². The predicted octanol–water partition coefficient (Wildman–Crippen LogP) is 4.93. The van der Waals surface area contributed by atoms with Gasteiger partial charge in [0, 0.05) is 18.3 Å². The minimum absolute atomic E-state index is 0.0740. The Morgan fingerprint density at radius 2 is 1.70 bits per heavy atom. The van der Waals surface area contributed by atoms with Crippen molar-refractivity contribution in [2.75, 3.05) is 11.9 Å². The Hall–Kier alpha value is -2.34. The van der Waals surface area contributed by atoms with Gasteiger partial charge in [0.1, 0.15) is 0 Å². The first-order chi connectivity index (χ1) is 12.8. The van der Waals surface area contributed by atoms with Gasteiger partial charge in [-0.15, -0.1) is 0 Å². The highest BCUT2D eigenvalue weighted by Crippen LogP contribution is 2.34. The van der Waals surface area contributed by atoms with Crippen LogP contribution in [0.5, 0.6) is 0 Å². The van der Waals surface area contributed by atoms with E-state index < -0.39 is 11.7 Å². The Morgan fingerprint density at radius 1 is 1.07 bits per heavy atom. The molecule has 27 heavy (non-hydrogen) atoms. The lowest BCUT2D eigenvalue weighted by Gasteiger charge is -2.24. The van der Waals surface area contributed by atoms with Crippen LogP contribution in [0.3, 0.4) is 0 Å². The van der Waals surface area contributed by atoms with Crippen LogP contribution in [-0.4, -0.2) is 23.4 Å². The molecule has 0 heterocycles. The fraction of sp³-hybridized carbons (Fsp3) is 0.381. The topological polar surface area (TPSA) is 32.3 Å². The van der Waals surface area contributed by atoms with Crippen molar-refractivity contribution in [3.05, 3.63) is 64.7 Å². The number of carbonyl (C=O) groups is 1. The summed E-state index contributed by atoms with van der Waals surface area (Å²) in [7, 11) is 0. The van der Waals surface area contributed by atoms with Crippen LogP contribution < -0.4 is 5.32 Å². The standard InChI is InChI=1S/C21H23F3N2O/c1-14-6-5-7-15(2)20(14)25-19(27)13-26(17-10-11-17)12-16-8-3-4-9-18(16)21(22,23)24/h3-9,17H,10-13H2,1-2H3,(H,25,27). The number of nitrogens with one attached hydrogen (secondary N) is 1. The fourth-order valence-corrected chi connectivity index (χ4v) is 3.28. The molecule has 0 bridgehead atoms. The molecule has 6 heteroatoms. The summed E-state index contributed by atoms with van der Waals surface area (Å²) in [5.74, 6) is -0.205. The number of anilines is 1. The van der Waals surface area contributed by atoms with E-state index in [-0.39, 0.29) is 30.6 Å². The summed E-state index contributed by atoms with van der Waals surface area (Å²) in [6.45, 7) is 4.02.